The molecule has 0 aromatic carbocycles. The number of nitrogens with zero attached hydrogens (tertiary/aromatic N) is 2. The zero-order valence-corrected chi connectivity index (χ0v) is 8.44. The highest BCUT2D eigenvalue weighted by atomic mass is 16.5. The van der Waals surface area contributed by atoms with Gasteiger partial charge in [-0.05, 0) is 18.9 Å². The number of hydrogen-bond acceptors (Lipinski definition) is 3. The first-order valence-electron chi connectivity index (χ1n) is 5.31. The van der Waals surface area contributed by atoms with Gasteiger partial charge in [0.15, 0.2) is 0 Å². The number of rotatable bonds is 1. The van der Waals surface area contributed by atoms with Crippen LogP contribution in [0, 0.1) is 0 Å². The largest absolute Gasteiger partial charge is 0.381 e. The topological polar surface area (TPSA) is 50.8 Å². The van der Waals surface area contributed by atoms with Crippen LogP contribution in [-0.4, -0.2) is 28.2 Å². The summed E-state index contributed by atoms with van der Waals surface area (Å²) in [5.41, 5.74) is 2.03. The second-order valence-electron chi connectivity index (χ2n) is 3.90. The Bertz CT molecular complexity index is 427. The molecule has 0 saturated carbocycles. The van der Waals surface area contributed by atoms with E-state index in [2.05, 4.69) is 15.0 Å². The summed E-state index contributed by atoms with van der Waals surface area (Å²) >= 11 is 0. The summed E-state index contributed by atoms with van der Waals surface area (Å²) in [4.78, 5) is 12.0. The third-order valence-electron chi connectivity index (χ3n) is 2.91. The molecule has 1 saturated heterocycles. The summed E-state index contributed by atoms with van der Waals surface area (Å²) in [5.74, 6) is 1.60. The molecule has 0 spiro atoms. The molecule has 0 aliphatic carbocycles. The fourth-order valence-electron chi connectivity index (χ4n) is 2.04. The minimum absolute atomic E-state index is 0.520. The summed E-state index contributed by atoms with van der Waals surface area (Å²) in [6.45, 7) is 1.69. The van der Waals surface area contributed by atoms with Gasteiger partial charge < -0.3 is 9.72 Å². The number of pyridine rings is 1. The van der Waals surface area contributed by atoms with Gasteiger partial charge in [-0.15, -0.1) is 0 Å². The molecule has 1 aliphatic rings. The van der Waals surface area contributed by atoms with Crippen LogP contribution in [0.1, 0.15) is 24.6 Å². The predicted octanol–water partition coefficient (Wildman–Crippen LogP) is 1.85. The number of H-pyrrole nitrogens is 1. The van der Waals surface area contributed by atoms with Gasteiger partial charge in [0.2, 0.25) is 0 Å². The lowest BCUT2D eigenvalue weighted by molar-refractivity contribution is 0.0838. The number of fused-ring (bicyclic) bond motifs is 1. The van der Waals surface area contributed by atoms with Crippen molar-refractivity contribution in [3.63, 3.8) is 0 Å². The Kier molecular flexibility index (Phi) is 2.14. The molecule has 0 radical (unpaired) electrons. The Balaban J connectivity index is 1.96. The zero-order chi connectivity index (χ0) is 10.1. The fourth-order valence-corrected chi connectivity index (χ4v) is 2.04. The van der Waals surface area contributed by atoms with Gasteiger partial charge in [-0.3, -0.25) is 4.98 Å². The molecule has 2 aromatic heterocycles. The third kappa shape index (κ3) is 1.61. The number of aromatic amines is 1. The number of hydrogen-bond donors (Lipinski definition) is 1. The van der Waals surface area contributed by atoms with Crippen LogP contribution in [0.15, 0.2) is 18.5 Å². The molecule has 2 aromatic rings. The minimum Gasteiger partial charge on any atom is -0.381 e. The standard InChI is InChI=1S/C11H13N3O/c1-4-12-7-10-9(1)13-11(14-10)8-2-5-15-6-3-8/h1,4,7-8H,2-3,5-6H2,(H,13,14). The van der Waals surface area contributed by atoms with E-state index in [1.807, 2.05) is 12.3 Å². The molecule has 4 heteroatoms. The molecular formula is C11H13N3O. The van der Waals surface area contributed by atoms with E-state index in [1.165, 1.54) is 0 Å². The molecule has 0 unspecified atom stereocenters. The number of imidazole rings is 1. The smallest absolute Gasteiger partial charge is 0.110 e. The number of aromatic nitrogens is 3. The van der Waals surface area contributed by atoms with Gasteiger partial charge in [0.05, 0.1) is 17.2 Å². The molecule has 0 atom stereocenters. The van der Waals surface area contributed by atoms with Gasteiger partial charge in [0.1, 0.15) is 5.82 Å². The molecular weight excluding hydrogens is 190 g/mol. The van der Waals surface area contributed by atoms with E-state index < -0.39 is 0 Å². The van der Waals surface area contributed by atoms with Crippen LogP contribution < -0.4 is 0 Å². The Hall–Kier alpha value is -1.42. The predicted molar refractivity (Wildman–Crippen MR) is 56.7 cm³/mol. The maximum atomic E-state index is 5.34. The third-order valence-corrected chi connectivity index (χ3v) is 2.91. The molecule has 3 heterocycles. The minimum atomic E-state index is 0.520. The Morgan fingerprint density at radius 1 is 1.33 bits per heavy atom. The first-order chi connectivity index (χ1) is 7.43. The van der Waals surface area contributed by atoms with Gasteiger partial charge in [-0.1, -0.05) is 0 Å². The van der Waals surface area contributed by atoms with E-state index in [0.717, 1.165) is 42.9 Å². The molecule has 1 aliphatic heterocycles. The van der Waals surface area contributed by atoms with E-state index in [4.69, 9.17) is 4.74 Å². The SMILES string of the molecule is c1cc2nc(C3CCOCC3)[nH]c2cn1. The summed E-state index contributed by atoms with van der Waals surface area (Å²) in [6, 6.07) is 1.94. The van der Waals surface area contributed by atoms with Crippen LogP contribution in [-0.2, 0) is 4.74 Å². The molecule has 1 N–H and O–H groups in total. The van der Waals surface area contributed by atoms with Crippen molar-refractivity contribution in [1.29, 1.82) is 0 Å². The number of nitrogens with one attached hydrogen (secondary N) is 1. The lowest BCUT2D eigenvalue weighted by Gasteiger charge is -2.19. The molecule has 15 heavy (non-hydrogen) atoms. The average Bonchev–Trinajstić information content (AvgIpc) is 2.74. The lowest BCUT2D eigenvalue weighted by Crippen LogP contribution is -2.15. The van der Waals surface area contributed by atoms with Crippen molar-refractivity contribution in [2.75, 3.05) is 13.2 Å². The molecule has 1 fully saturated rings. The lowest BCUT2D eigenvalue weighted by atomic mass is 10.00. The first kappa shape index (κ1) is 8.85. The van der Waals surface area contributed by atoms with Gasteiger partial charge in [-0.2, -0.15) is 0 Å². The van der Waals surface area contributed by atoms with Gasteiger partial charge >= 0.3 is 0 Å². The van der Waals surface area contributed by atoms with Gasteiger partial charge in [0.25, 0.3) is 0 Å². The maximum Gasteiger partial charge on any atom is 0.110 e. The molecule has 0 amide bonds. The Labute approximate surface area is 87.7 Å². The summed E-state index contributed by atoms with van der Waals surface area (Å²) in [6.07, 6.45) is 5.72. The van der Waals surface area contributed by atoms with Gasteiger partial charge in [0, 0.05) is 25.3 Å². The molecule has 0 bridgehead atoms. The quantitative estimate of drug-likeness (QED) is 0.769. The highest BCUT2D eigenvalue weighted by molar-refractivity contribution is 5.73. The second kappa shape index (κ2) is 3.62. The van der Waals surface area contributed by atoms with Crippen LogP contribution in [0.4, 0.5) is 0 Å². The normalized spacial score (nSPS) is 18.4. The zero-order valence-electron chi connectivity index (χ0n) is 8.44. The molecule has 78 valence electrons. The molecule has 4 nitrogen and oxygen atoms in total. The van der Waals surface area contributed by atoms with E-state index in [1.54, 1.807) is 6.20 Å². The number of ether oxygens (including phenoxy) is 1. The Morgan fingerprint density at radius 3 is 3.00 bits per heavy atom. The average molecular weight is 203 g/mol. The maximum absolute atomic E-state index is 5.34. The van der Waals surface area contributed by atoms with Crippen molar-refractivity contribution in [2.45, 2.75) is 18.8 Å². The van der Waals surface area contributed by atoms with Crippen LogP contribution in [0.3, 0.4) is 0 Å². The van der Waals surface area contributed by atoms with Crippen molar-refractivity contribution < 1.29 is 4.74 Å². The van der Waals surface area contributed by atoms with Crippen molar-refractivity contribution >= 4 is 11.0 Å². The van der Waals surface area contributed by atoms with Gasteiger partial charge in [-0.25, -0.2) is 4.98 Å². The summed E-state index contributed by atoms with van der Waals surface area (Å²) < 4.78 is 5.34. The van der Waals surface area contributed by atoms with E-state index in [-0.39, 0.29) is 0 Å². The Morgan fingerprint density at radius 2 is 2.20 bits per heavy atom. The van der Waals surface area contributed by atoms with Crippen molar-refractivity contribution in [3.8, 4) is 0 Å². The van der Waals surface area contributed by atoms with E-state index >= 15 is 0 Å². The van der Waals surface area contributed by atoms with E-state index in [0.29, 0.717) is 5.92 Å². The fraction of sp³-hybridized carbons (Fsp3) is 0.455. The van der Waals surface area contributed by atoms with Crippen LogP contribution in [0.2, 0.25) is 0 Å². The van der Waals surface area contributed by atoms with Crippen LogP contribution in [0.5, 0.6) is 0 Å². The van der Waals surface area contributed by atoms with Crippen LogP contribution in [0.25, 0.3) is 11.0 Å². The summed E-state index contributed by atoms with van der Waals surface area (Å²) in [7, 11) is 0. The monoisotopic (exact) mass is 203 g/mol. The second-order valence-corrected chi connectivity index (χ2v) is 3.90. The van der Waals surface area contributed by atoms with Crippen molar-refractivity contribution in [2.24, 2.45) is 0 Å². The highest BCUT2D eigenvalue weighted by Crippen LogP contribution is 2.25. The van der Waals surface area contributed by atoms with Crippen molar-refractivity contribution in [1.82, 2.24) is 15.0 Å². The van der Waals surface area contributed by atoms with Crippen molar-refractivity contribution in [3.05, 3.63) is 24.3 Å². The van der Waals surface area contributed by atoms with Crippen LogP contribution >= 0.6 is 0 Å². The van der Waals surface area contributed by atoms with E-state index in [9.17, 15) is 0 Å². The summed E-state index contributed by atoms with van der Waals surface area (Å²) in [5, 5.41) is 0. The highest BCUT2D eigenvalue weighted by Gasteiger charge is 2.18. The first-order valence-corrected chi connectivity index (χ1v) is 5.31. The molecule has 3 rings (SSSR count).